The Labute approximate surface area is 74.0 Å². The van der Waals surface area contributed by atoms with Gasteiger partial charge in [-0.15, -0.1) is 0 Å². The van der Waals surface area contributed by atoms with Crippen molar-refractivity contribution < 1.29 is 5.11 Å². The summed E-state index contributed by atoms with van der Waals surface area (Å²) in [7, 11) is 0. The van der Waals surface area contributed by atoms with Crippen LogP contribution >= 0.6 is 0 Å². The summed E-state index contributed by atoms with van der Waals surface area (Å²) in [6.45, 7) is 7.15. The second kappa shape index (κ2) is 5.77. The lowest BCUT2D eigenvalue weighted by molar-refractivity contribution is 0.116. The van der Waals surface area contributed by atoms with E-state index in [4.69, 9.17) is 5.73 Å². The molecule has 0 rings (SSSR count). The summed E-state index contributed by atoms with van der Waals surface area (Å²) in [4.78, 5) is 3.57. The smallest absolute Gasteiger partial charge is 0.147 e. The first-order valence-corrected chi connectivity index (χ1v) is 4.18. The van der Waals surface area contributed by atoms with Gasteiger partial charge in [0.05, 0.1) is 0 Å². The minimum atomic E-state index is -0.661. The zero-order valence-electron chi connectivity index (χ0n) is 7.83. The molecule has 3 N–H and O–H groups in total. The Balaban J connectivity index is 3.99. The summed E-state index contributed by atoms with van der Waals surface area (Å²) >= 11 is 0. The molecule has 0 aromatic rings. The van der Waals surface area contributed by atoms with Crippen molar-refractivity contribution in [2.45, 2.75) is 32.9 Å². The highest BCUT2D eigenvalue weighted by atomic mass is 16.3. The Morgan fingerprint density at radius 1 is 1.75 bits per heavy atom. The third kappa shape index (κ3) is 4.13. The second-order valence-corrected chi connectivity index (χ2v) is 2.95. The Morgan fingerprint density at radius 2 is 2.33 bits per heavy atom. The average Bonchev–Trinajstić information content (AvgIpc) is 2.04. The van der Waals surface area contributed by atoms with Crippen LogP contribution in [-0.2, 0) is 0 Å². The van der Waals surface area contributed by atoms with Crippen LogP contribution in [0.2, 0.25) is 0 Å². The van der Waals surface area contributed by atoms with Crippen molar-refractivity contribution in [1.29, 1.82) is 0 Å². The molecule has 0 saturated carbocycles. The lowest BCUT2D eigenvalue weighted by atomic mass is 10.0. The predicted molar refractivity (Wildman–Crippen MR) is 51.9 cm³/mol. The lowest BCUT2D eigenvalue weighted by Crippen LogP contribution is -2.16. The van der Waals surface area contributed by atoms with Gasteiger partial charge in [-0.05, 0) is 26.5 Å². The number of hydrogen-bond acceptors (Lipinski definition) is 3. The molecule has 0 aromatic carbocycles. The highest BCUT2D eigenvalue weighted by Gasteiger charge is 2.13. The fraction of sp³-hybridized carbons (Fsp3) is 0.667. The number of rotatable bonds is 5. The van der Waals surface area contributed by atoms with Gasteiger partial charge in [0, 0.05) is 11.6 Å². The molecule has 0 aliphatic rings. The van der Waals surface area contributed by atoms with Gasteiger partial charge in [0.15, 0.2) is 0 Å². The van der Waals surface area contributed by atoms with Crippen LogP contribution in [-0.4, -0.2) is 18.1 Å². The van der Waals surface area contributed by atoms with E-state index in [-0.39, 0.29) is 5.92 Å². The Hall–Kier alpha value is -0.830. The predicted octanol–water partition coefficient (Wildman–Crippen LogP) is 1.28. The fourth-order valence-electron chi connectivity index (χ4n) is 0.986. The van der Waals surface area contributed by atoms with Gasteiger partial charge in [-0.25, -0.2) is 0 Å². The zero-order valence-corrected chi connectivity index (χ0v) is 7.83. The molecule has 0 bridgehead atoms. The molecule has 3 nitrogen and oxygen atoms in total. The summed E-state index contributed by atoms with van der Waals surface area (Å²) in [5.74, 6) is 0.140. The van der Waals surface area contributed by atoms with Gasteiger partial charge in [-0.2, -0.15) is 0 Å². The van der Waals surface area contributed by atoms with Crippen molar-refractivity contribution in [2.24, 2.45) is 16.6 Å². The number of hydrogen-bond donors (Lipinski definition) is 2. The van der Waals surface area contributed by atoms with Gasteiger partial charge in [-0.1, -0.05) is 13.0 Å². The first-order chi connectivity index (χ1) is 5.61. The molecule has 0 heterocycles. The van der Waals surface area contributed by atoms with Gasteiger partial charge in [0.2, 0.25) is 0 Å². The summed E-state index contributed by atoms with van der Waals surface area (Å²) in [6, 6.07) is 0. The van der Waals surface area contributed by atoms with Crippen LogP contribution in [0.15, 0.2) is 16.8 Å². The highest BCUT2D eigenvalue weighted by molar-refractivity contribution is 5.23. The quantitative estimate of drug-likeness (QED) is 0.611. The van der Waals surface area contributed by atoms with Crippen LogP contribution in [0.1, 0.15) is 26.7 Å². The Bertz CT molecular complexity index is 162. The number of nitrogens with zero attached hydrogens (tertiary/aromatic N) is 1. The molecular formula is C9H18N2O. The molecular weight excluding hydrogens is 152 g/mol. The van der Waals surface area contributed by atoms with E-state index in [0.29, 0.717) is 0 Å². The lowest BCUT2D eigenvalue weighted by Gasteiger charge is -2.15. The number of allylic oxidation sites excluding steroid dienone is 2. The maximum absolute atomic E-state index is 9.33. The molecule has 0 aromatic heterocycles. The van der Waals surface area contributed by atoms with Crippen LogP contribution in [0, 0.1) is 5.92 Å². The van der Waals surface area contributed by atoms with Crippen LogP contribution in [0.4, 0.5) is 0 Å². The topological polar surface area (TPSA) is 58.6 Å². The fourth-order valence-corrected chi connectivity index (χ4v) is 0.986. The maximum Gasteiger partial charge on any atom is 0.147 e. The summed E-state index contributed by atoms with van der Waals surface area (Å²) < 4.78 is 0. The maximum atomic E-state index is 9.33. The van der Waals surface area contributed by atoms with Gasteiger partial charge < -0.3 is 10.8 Å². The average molecular weight is 170 g/mol. The van der Waals surface area contributed by atoms with E-state index in [9.17, 15) is 5.11 Å². The van der Waals surface area contributed by atoms with Gasteiger partial charge >= 0.3 is 0 Å². The van der Waals surface area contributed by atoms with Crippen molar-refractivity contribution in [3.63, 3.8) is 0 Å². The summed E-state index contributed by atoms with van der Waals surface area (Å²) in [5.41, 5.74) is 6.25. The van der Waals surface area contributed by atoms with E-state index in [1.165, 1.54) is 0 Å². The first-order valence-electron chi connectivity index (χ1n) is 4.18. The van der Waals surface area contributed by atoms with Crippen LogP contribution in [0.5, 0.6) is 0 Å². The van der Waals surface area contributed by atoms with E-state index in [1.54, 1.807) is 0 Å². The van der Waals surface area contributed by atoms with Gasteiger partial charge in [-0.3, -0.25) is 4.99 Å². The number of aliphatic hydroxyl groups is 1. The third-order valence-electron chi connectivity index (χ3n) is 1.88. The van der Waals surface area contributed by atoms with Gasteiger partial charge in [0.25, 0.3) is 0 Å². The van der Waals surface area contributed by atoms with Crippen LogP contribution < -0.4 is 5.73 Å². The number of aliphatic hydroxyl groups excluding tert-OH is 1. The van der Waals surface area contributed by atoms with E-state index >= 15 is 0 Å². The SMILES string of the molecule is C=N[C@H](O)C(CC)C/C=C(\C)N. The number of aliphatic imine (C=N–C) groups is 1. The molecule has 12 heavy (non-hydrogen) atoms. The van der Waals surface area contributed by atoms with Crippen molar-refractivity contribution in [2.75, 3.05) is 0 Å². The molecule has 0 aliphatic heterocycles. The Kier molecular flexibility index (Phi) is 5.37. The standard InChI is InChI=1S/C9H18N2O/c1-4-8(9(12)11-3)6-5-7(2)10/h5,8-9,12H,3-4,6,10H2,1-2H3/b7-5+/t8?,9-/m1/s1. The molecule has 0 amide bonds. The first kappa shape index (κ1) is 11.2. The molecule has 0 aliphatic carbocycles. The molecule has 0 radical (unpaired) electrons. The largest absolute Gasteiger partial charge is 0.403 e. The van der Waals surface area contributed by atoms with E-state index in [2.05, 4.69) is 11.7 Å². The molecule has 0 saturated heterocycles. The van der Waals surface area contributed by atoms with E-state index in [0.717, 1.165) is 18.5 Å². The third-order valence-corrected chi connectivity index (χ3v) is 1.88. The summed E-state index contributed by atoms with van der Waals surface area (Å²) in [5, 5.41) is 9.33. The van der Waals surface area contributed by atoms with E-state index < -0.39 is 6.23 Å². The normalized spacial score (nSPS) is 17.1. The van der Waals surface area contributed by atoms with Crippen molar-refractivity contribution >= 4 is 6.72 Å². The van der Waals surface area contributed by atoms with Gasteiger partial charge in [0.1, 0.15) is 6.23 Å². The molecule has 2 atom stereocenters. The van der Waals surface area contributed by atoms with E-state index in [1.807, 2.05) is 19.9 Å². The monoisotopic (exact) mass is 170 g/mol. The molecule has 1 unspecified atom stereocenters. The molecule has 3 heteroatoms. The van der Waals surface area contributed by atoms with Crippen LogP contribution in [0.3, 0.4) is 0 Å². The van der Waals surface area contributed by atoms with Crippen molar-refractivity contribution in [3.05, 3.63) is 11.8 Å². The van der Waals surface area contributed by atoms with Crippen molar-refractivity contribution in [1.82, 2.24) is 0 Å². The molecule has 0 spiro atoms. The Morgan fingerprint density at radius 3 is 2.67 bits per heavy atom. The number of nitrogens with two attached hydrogens (primary N) is 1. The van der Waals surface area contributed by atoms with Crippen LogP contribution in [0.25, 0.3) is 0 Å². The second-order valence-electron chi connectivity index (χ2n) is 2.95. The summed E-state index contributed by atoms with van der Waals surface area (Å²) in [6.07, 6.45) is 2.89. The minimum Gasteiger partial charge on any atom is -0.403 e. The zero-order chi connectivity index (χ0) is 9.56. The molecule has 70 valence electrons. The van der Waals surface area contributed by atoms with Crippen molar-refractivity contribution in [3.8, 4) is 0 Å². The minimum absolute atomic E-state index is 0.140. The molecule has 0 fully saturated rings. The highest BCUT2D eigenvalue weighted by Crippen LogP contribution is 2.15.